The third-order valence-corrected chi connectivity index (χ3v) is 10.1. The maximum atomic E-state index is 13.2. The molecule has 2 aromatic carbocycles. The van der Waals surface area contributed by atoms with E-state index in [0.717, 1.165) is 6.42 Å². The molecule has 0 amide bonds. The van der Waals surface area contributed by atoms with Crippen LogP contribution in [0, 0.1) is 22.6 Å². The van der Waals surface area contributed by atoms with Crippen LogP contribution in [0.3, 0.4) is 0 Å². The van der Waals surface area contributed by atoms with E-state index in [4.69, 9.17) is 14.0 Å². The standard InChI is InChI=1S/C20H18F7NO2.C10H16O4S/c1-11(13-8-14(19(22,23)24)10-15(9-13)20(25,26)27)30-18-17(28-6-7-29-18)12-2-4-16(21)5-3-12;1-9(2)7-3-4-10(9,8(11)5-7)6-15(12,13)14/h2-5,8-11,17-18,28H,6-7H2,1H3;7H,3-6H2,1-2H3,(H,12,13,14)/t11-,17-,18-;7-,10-/m00/s1. The van der Waals surface area contributed by atoms with Crippen LogP contribution in [0.1, 0.15) is 74.4 Å². The summed E-state index contributed by atoms with van der Waals surface area (Å²) in [7, 11) is -4.08. The van der Waals surface area contributed by atoms with Crippen molar-refractivity contribution in [2.24, 2.45) is 16.7 Å². The van der Waals surface area contributed by atoms with Gasteiger partial charge in [0.15, 0.2) is 6.29 Å². The second kappa shape index (κ2) is 12.5. The number of ether oxygens (including phenoxy) is 2. The molecule has 2 saturated carbocycles. The van der Waals surface area contributed by atoms with E-state index in [1.807, 2.05) is 13.8 Å². The van der Waals surface area contributed by atoms with Crippen molar-refractivity contribution in [2.45, 2.75) is 70.8 Å². The molecule has 5 rings (SSSR count). The number of hydrogen-bond donors (Lipinski definition) is 2. The minimum Gasteiger partial charge on any atom is -0.349 e. The van der Waals surface area contributed by atoms with Gasteiger partial charge < -0.3 is 14.8 Å². The first-order chi connectivity index (χ1) is 20.6. The average Bonchev–Trinajstić information content (AvgIpc) is 3.26. The number of rotatable bonds is 6. The summed E-state index contributed by atoms with van der Waals surface area (Å²) in [4.78, 5) is 11.9. The molecule has 2 N–H and O–H groups in total. The first kappa shape index (κ1) is 35.3. The molecule has 1 heterocycles. The normalized spacial score (nSPS) is 27.2. The Labute approximate surface area is 256 Å². The van der Waals surface area contributed by atoms with Gasteiger partial charge in [0, 0.05) is 13.0 Å². The molecule has 2 aromatic rings. The Hall–Kier alpha value is -2.59. The smallest absolute Gasteiger partial charge is 0.349 e. The lowest BCUT2D eigenvalue weighted by atomic mass is 9.70. The summed E-state index contributed by atoms with van der Waals surface area (Å²) in [5.41, 5.74) is -3.64. The van der Waals surface area contributed by atoms with Crippen molar-refractivity contribution in [1.29, 1.82) is 0 Å². The van der Waals surface area contributed by atoms with Crippen molar-refractivity contribution in [3.63, 3.8) is 0 Å². The van der Waals surface area contributed by atoms with Gasteiger partial charge in [0.1, 0.15) is 11.6 Å². The van der Waals surface area contributed by atoms with Gasteiger partial charge in [-0.2, -0.15) is 34.8 Å². The molecule has 7 nitrogen and oxygen atoms in total. The Balaban J connectivity index is 0.000000256. The zero-order valence-electron chi connectivity index (χ0n) is 24.6. The predicted octanol–water partition coefficient (Wildman–Crippen LogP) is 6.90. The molecule has 45 heavy (non-hydrogen) atoms. The summed E-state index contributed by atoms with van der Waals surface area (Å²) in [6.07, 6.45) is -10.1. The number of benzene rings is 2. The van der Waals surface area contributed by atoms with Gasteiger partial charge in [-0.25, -0.2) is 4.39 Å². The molecule has 2 bridgehead atoms. The fourth-order valence-corrected chi connectivity index (χ4v) is 7.86. The third-order valence-electron chi connectivity index (χ3n) is 9.24. The monoisotopic (exact) mass is 669 g/mol. The van der Waals surface area contributed by atoms with E-state index in [1.54, 1.807) is 0 Å². The van der Waals surface area contributed by atoms with Crippen LogP contribution in [0.15, 0.2) is 42.5 Å². The molecule has 3 fully saturated rings. The van der Waals surface area contributed by atoms with Crippen LogP contribution < -0.4 is 5.32 Å². The maximum Gasteiger partial charge on any atom is 0.416 e. The number of carbonyl (C=O) groups excluding carboxylic acids is 1. The minimum atomic E-state index is -4.95. The van der Waals surface area contributed by atoms with Crippen molar-refractivity contribution >= 4 is 15.9 Å². The molecule has 2 aliphatic carbocycles. The van der Waals surface area contributed by atoms with E-state index in [1.165, 1.54) is 31.2 Å². The van der Waals surface area contributed by atoms with Crippen LogP contribution in [-0.4, -0.2) is 43.9 Å². The molecule has 0 radical (unpaired) electrons. The maximum absolute atomic E-state index is 13.2. The highest BCUT2D eigenvalue weighted by molar-refractivity contribution is 7.85. The van der Waals surface area contributed by atoms with Crippen molar-refractivity contribution in [3.05, 3.63) is 70.5 Å². The Morgan fingerprint density at radius 3 is 2.09 bits per heavy atom. The van der Waals surface area contributed by atoms with E-state index < -0.39 is 69.0 Å². The van der Waals surface area contributed by atoms with Crippen molar-refractivity contribution < 1.29 is 58.0 Å². The van der Waals surface area contributed by atoms with E-state index in [9.17, 15) is 43.9 Å². The lowest BCUT2D eigenvalue weighted by Crippen LogP contribution is -2.43. The molecule has 3 aliphatic rings. The van der Waals surface area contributed by atoms with Crippen molar-refractivity contribution in [1.82, 2.24) is 5.32 Å². The highest BCUT2D eigenvalue weighted by Gasteiger charge is 2.65. The lowest BCUT2D eigenvalue weighted by Gasteiger charge is -2.35. The molecule has 15 heteroatoms. The van der Waals surface area contributed by atoms with Gasteiger partial charge >= 0.3 is 12.4 Å². The number of halogens is 7. The van der Waals surface area contributed by atoms with Crippen LogP contribution in [0.5, 0.6) is 0 Å². The number of nitrogens with one attached hydrogen (secondary N) is 1. The van der Waals surface area contributed by atoms with Crippen LogP contribution in [0.2, 0.25) is 0 Å². The number of hydrogen-bond acceptors (Lipinski definition) is 6. The quantitative estimate of drug-likeness (QED) is 0.255. The Morgan fingerprint density at radius 2 is 1.62 bits per heavy atom. The molecule has 0 unspecified atom stereocenters. The molecule has 1 aliphatic heterocycles. The fraction of sp³-hybridized carbons (Fsp3) is 0.567. The Bertz CT molecular complexity index is 1460. The summed E-state index contributed by atoms with van der Waals surface area (Å²) < 4.78 is 134. The van der Waals surface area contributed by atoms with Crippen LogP contribution >= 0.6 is 0 Å². The molecule has 5 atom stereocenters. The first-order valence-corrected chi connectivity index (χ1v) is 15.8. The van der Waals surface area contributed by atoms with Gasteiger partial charge in [-0.1, -0.05) is 26.0 Å². The Kier molecular flexibility index (Phi) is 9.83. The predicted molar refractivity (Wildman–Crippen MR) is 148 cm³/mol. The first-order valence-electron chi connectivity index (χ1n) is 14.2. The van der Waals surface area contributed by atoms with Crippen molar-refractivity contribution in [3.8, 4) is 0 Å². The SMILES string of the molecule is CC1(C)[C@H]2CC[C@]1(CS(=O)(=O)O)C(=O)C2.C[C@H](O[C@@H]1OCCN[C@H]1c1ccc(F)cc1)c1cc(C(F)(F)F)cc(C(F)(F)F)c1. The van der Waals surface area contributed by atoms with Gasteiger partial charge in [-0.15, -0.1) is 0 Å². The largest absolute Gasteiger partial charge is 0.416 e. The van der Waals surface area contributed by atoms with Gasteiger partial charge in [0.05, 0.1) is 41.0 Å². The van der Waals surface area contributed by atoms with Gasteiger partial charge in [0.25, 0.3) is 10.1 Å². The van der Waals surface area contributed by atoms with E-state index >= 15 is 0 Å². The number of ketones is 1. The second-order valence-electron chi connectivity index (χ2n) is 12.2. The lowest BCUT2D eigenvalue weighted by molar-refractivity contribution is -0.200. The van der Waals surface area contributed by atoms with Crippen LogP contribution in [-0.2, 0) is 36.7 Å². The van der Waals surface area contributed by atoms with Gasteiger partial charge in [-0.05, 0) is 72.6 Å². The fourth-order valence-electron chi connectivity index (χ4n) is 6.56. The summed E-state index contributed by atoms with van der Waals surface area (Å²) in [5, 5.41) is 3.10. The molecule has 0 spiro atoms. The molecule has 250 valence electrons. The molecule has 0 aromatic heterocycles. The average molecular weight is 670 g/mol. The highest BCUT2D eigenvalue weighted by atomic mass is 32.2. The zero-order chi connectivity index (χ0) is 33.6. The second-order valence-corrected chi connectivity index (χ2v) is 13.7. The summed E-state index contributed by atoms with van der Waals surface area (Å²) in [6.45, 7) is 5.90. The third kappa shape index (κ3) is 7.70. The van der Waals surface area contributed by atoms with Gasteiger partial charge in [0.2, 0.25) is 0 Å². The summed E-state index contributed by atoms with van der Waals surface area (Å²) in [6, 6.07) is 6.20. The van der Waals surface area contributed by atoms with Gasteiger partial charge in [-0.3, -0.25) is 9.35 Å². The van der Waals surface area contributed by atoms with Crippen molar-refractivity contribution in [2.75, 3.05) is 18.9 Å². The Morgan fingerprint density at radius 1 is 1.04 bits per heavy atom. The van der Waals surface area contributed by atoms with Crippen LogP contribution in [0.4, 0.5) is 30.7 Å². The molecule has 1 saturated heterocycles. The number of alkyl halides is 6. The van der Waals surface area contributed by atoms with Crippen LogP contribution in [0.25, 0.3) is 0 Å². The number of fused-ring (bicyclic) bond motifs is 2. The molecular formula is C30H34F7NO6S. The summed E-state index contributed by atoms with van der Waals surface area (Å²) >= 11 is 0. The van der Waals surface area contributed by atoms with E-state index in [0.29, 0.717) is 37.1 Å². The van der Waals surface area contributed by atoms with E-state index in [2.05, 4.69) is 5.32 Å². The molecular weight excluding hydrogens is 635 g/mol. The zero-order valence-corrected chi connectivity index (χ0v) is 25.5. The number of morpholine rings is 1. The number of carbonyl (C=O) groups is 1. The minimum absolute atomic E-state index is 0.0152. The summed E-state index contributed by atoms with van der Waals surface area (Å²) in [5.74, 6) is -0.555. The topological polar surface area (TPSA) is 102 Å². The highest BCUT2D eigenvalue weighted by Crippen LogP contribution is 2.64. The van der Waals surface area contributed by atoms with E-state index in [-0.39, 0.29) is 35.4 Å². The number of Topliss-reactive ketones (excluding diaryl/α,β-unsaturated/α-hetero) is 1.